The summed E-state index contributed by atoms with van der Waals surface area (Å²) in [5, 5.41) is 8.28. The Morgan fingerprint density at radius 2 is 1.93 bits per heavy atom. The number of hydrogen-bond donors (Lipinski definition) is 2. The van der Waals surface area contributed by atoms with Gasteiger partial charge in [0.1, 0.15) is 16.3 Å². The molecule has 0 fully saturated rings. The molecule has 1 aliphatic rings. The molecule has 0 aliphatic heterocycles. The molecule has 0 unspecified atom stereocenters. The van der Waals surface area contributed by atoms with Crippen molar-refractivity contribution in [1.82, 2.24) is 25.3 Å². The number of hydrogen-bond acceptors (Lipinski definition) is 7. The Morgan fingerprint density at radius 1 is 1.07 bits per heavy atom. The molecule has 3 heterocycles. The molecule has 0 saturated heterocycles. The second kappa shape index (κ2) is 7.48. The molecule has 3 aromatic rings. The molecule has 0 aromatic carbocycles. The monoisotopic (exact) mass is 382 g/mol. The number of rotatable bonds is 5. The molecule has 0 radical (unpaired) electrons. The van der Waals surface area contributed by atoms with Crippen LogP contribution >= 0.6 is 11.3 Å². The molecule has 4 rings (SSSR count). The lowest BCUT2D eigenvalue weighted by Gasteiger charge is -2.21. The highest BCUT2D eigenvalue weighted by atomic mass is 32.1. The van der Waals surface area contributed by atoms with E-state index in [1.807, 2.05) is 11.3 Å². The number of anilines is 1. The lowest BCUT2D eigenvalue weighted by molar-refractivity contribution is 0.435. The van der Waals surface area contributed by atoms with Gasteiger partial charge in [-0.15, -0.1) is 11.3 Å². The van der Waals surface area contributed by atoms with Gasteiger partial charge in [0.05, 0.1) is 11.6 Å². The van der Waals surface area contributed by atoms with Crippen molar-refractivity contribution in [2.24, 2.45) is 0 Å². The van der Waals surface area contributed by atoms with Crippen molar-refractivity contribution in [3.63, 3.8) is 0 Å². The van der Waals surface area contributed by atoms with E-state index in [1.165, 1.54) is 28.7 Å². The van der Waals surface area contributed by atoms with E-state index < -0.39 is 0 Å². The van der Waals surface area contributed by atoms with Crippen molar-refractivity contribution < 1.29 is 0 Å². The number of fused-ring (bicyclic) bond motifs is 3. The minimum atomic E-state index is 0.106. The molecule has 0 atom stereocenters. The second-order valence-electron chi connectivity index (χ2n) is 7.98. The molecule has 7 heteroatoms. The van der Waals surface area contributed by atoms with Gasteiger partial charge in [-0.3, -0.25) is 4.98 Å². The molecule has 0 amide bonds. The number of aromatic nitrogens is 4. The standard InChI is InChI=1S/C20H26N6S/c1-20(2,3)24-11-10-23-18-16-13-6-4-5-7-15(13)27-19(16)26-17(25-18)14-12-21-8-9-22-14/h8-9,12,24H,4-7,10-11H2,1-3H3,(H,23,25,26). The van der Waals surface area contributed by atoms with E-state index in [9.17, 15) is 0 Å². The Hall–Kier alpha value is -2.12. The third kappa shape index (κ3) is 4.09. The van der Waals surface area contributed by atoms with E-state index in [1.54, 1.807) is 18.6 Å². The summed E-state index contributed by atoms with van der Waals surface area (Å²) in [5.74, 6) is 1.57. The quantitative estimate of drug-likeness (QED) is 0.653. The molecule has 6 nitrogen and oxygen atoms in total. The zero-order valence-electron chi connectivity index (χ0n) is 16.2. The van der Waals surface area contributed by atoms with Crippen LogP contribution in [0.2, 0.25) is 0 Å². The van der Waals surface area contributed by atoms with Crippen LogP contribution in [0.15, 0.2) is 18.6 Å². The fraction of sp³-hybridized carbons (Fsp3) is 0.500. The van der Waals surface area contributed by atoms with Crippen molar-refractivity contribution in [3.05, 3.63) is 29.0 Å². The number of nitrogens with one attached hydrogen (secondary N) is 2. The molecule has 3 aromatic heterocycles. The Labute approximate surface area is 163 Å². The van der Waals surface area contributed by atoms with Crippen LogP contribution in [0.3, 0.4) is 0 Å². The van der Waals surface area contributed by atoms with Gasteiger partial charge in [-0.2, -0.15) is 0 Å². The Morgan fingerprint density at radius 3 is 2.70 bits per heavy atom. The average molecular weight is 383 g/mol. The summed E-state index contributed by atoms with van der Waals surface area (Å²) >= 11 is 1.81. The lowest BCUT2D eigenvalue weighted by Crippen LogP contribution is -2.38. The van der Waals surface area contributed by atoms with E-state index in [2.05, 4.69) is 41.4 Å². The summed E-state index contributed by atoms with van der Waals surface area (Å²) < 4.78 is 0. The highest BCUT2D eigenvalue weighted by Gasteiger charge is 2.21. The van der Waals surface area contributed by atoms with E-state index in [-0.39, 0.29) is 5.54 Å². The third-order valence-corrected chi connectivity index (χ3v) is 5.87. The first-order chi connectivity index (χ1) is 13.0. The van der Waals surface area contributed by atoms with Crippen molar-refractivity contribution in [2.75, 3.05) is 18.4 Å². The van der Waals surface area contributed by atoms with Gasteiger partial charge in [0, 0.05) is 35.9 Å². The van der Waals surface area contributed by atoms with Crippen LogP contribution in [0.4, 0.5) is 5.82 Å². The Balaban J connectivity index is 1.70. The van der Waals surface area contributed by atoms with Crippen molar-refractivity contribution >= 4 is 27.4 Å². The molecule has 2 N–H and O–H groups in total. The molecule has 27 heavy (non-hydrogen) atoms. The average Bonchev–Trinajstić information content (AvgIpc) is 3.03. The van der Waals surface area contributed by atoms with Crippen LogP contribution in [0.1, 0.15) is 44.1 Å². The molecule has 1 aliphatic carbocycles. The molecular weight excluding hydrogens is 356 g/mol. The first-order valence-corrected chi connectivity index (χ1v) is 10.4. The zero-order chi connectivity index (χ0) is 18.9. The van der Waals surface area contributed by atoms with Gasteiger partial charge in [-0.25, -0.2) is 15.0 Å². The summed E-state index contributed by atoms with van der Waals surface area (Å²) in [4.78, 5) is 20.8. The number of thiophene rings is 1. The first kappa shape index (κ1) is 18.3. The summed E-state index contributed by atoms with van der Waals surface area (Å²) in [7, 11) is 0. The Bertz CT molecular complexity index is 929. The molecule has 0 spiro atoms. The van der Waals surface area contributed by atoms with Crippen LogP contribution in [-0.2, 0) is 12.8 Å². The normalized spacial score (nSPS) is 14.3. The predicted molar refractivity (Wildman–Crippen MR) is 111 cm³/mol. The lowest BCUT2D eigenvalue weighted by atomic mass is 9.97. The van der Waals surface area contributed by atoms with Crippen LogP contribution in [0.5, 0.6) is 0 Å². The molecule has 0 bridgehead atoms. The van der Waals surface area contributed by atoms with Gasteiger partial charge in [0.2, 0.25) is 0 Å². The van der Waals surface area contributed by atoms with Crippen molar-refractivity contribution in [2.45, 2.75) is 52.0 Å². The zero-order valence-corrected chi connectivity index (χ0v) is 17.0. The van der Waals surface area contributed by atoms with Crippen molar-refractivity contribution in [1.29, 1.82) is 0 Å². The summed E-state index contributed by atoms with van der Waals surface area (Å²) in [6.07, 6.45) is 9.86. The largest absolute Gasteiger partial charge is 0.368 e. The Kier molecular flexibility index (Phi) is 5.06. The number of nitrogens with zero attached hydrogens (tertiary/aromatic N) is 4. The fourth-order valence-electron chi connectivity index (χ4n) is 3.43. The van der Waals surface area contributed by atoms with E-state index >= 15 is 0 Å². The molecule has 0 saturated carbocycles. The first-order valence-electron chi connectivity index (χ1n) is 9.59. The van der Waals surface area contributed by atoms with Gasteiger partial charge in [0.15, 0.2) is 5.82 Å². The van der Waals surface area contributed by atoms with Gasteiger partial charge in [-0.1, -0.05) is 0 Å². The summed E-state index contributed by atoms with van der Waals surface area (Å²) in [5.41, 5.74) is 2.26. The second-order valence-corrected chi connectivity index (χ2v) is 9.06. The molecule has 142 valence electrons. The van der Waals surface area contributed by atoms with Gasteiger partial charge in [0.25, 0.3) is 0 Å². The highest BCUT2D eigenvalue weighted by molar-refractivity contribution is 7.19. The van der Waals surface area contributed by atoms with E-state index in [0.29, 0.717) is 11.5 Å². The molecular formula is C20H26N6S. The van der Waals surface area contributed by atoms with Crippen LogP contribution < -0.4 is 10.6 Å². The maximum Gasteiger partial charge on any atom is 0.183 e. The van der Waals surface area contributed by atoms with Crippen molar-refractivity contribution in [3.8, 4) is 11.5 Å². The fourth-order valence-corrected chi connectivity index (χ4v) is 4.69. The van der Waals surface area contributed by atoms with Gasteiger partial charge < -0.3 is 10.6 Å². The topological polar surface area (TPSA) is 75.6 Å². The third-order valence-electron chi connectivity index (χ3n) is 4.68. The smallest absolute Gasteiger partial charge is 0.183 e. The van der Waals surface area contributed by atoms with Gasteiger partial charge >= 0.3 is 0 Å². The van der Waals surface area contributed by atoms with Crippen LogP contribution in [0, 0.1) is 0 Å². The number of aryl methyl sites for hydroxylation is 2. The van der Waals surface area contributed by atoms with E-state index in [4.69, 9.17) is 9.97 Å². The highest BCUT2D eigenvalue weighted by Crippen LogP contribution is 2.39. The van der Waals surface area contributed by atoms with E-state index in [0.717, 1.165) is 36.6 Å². The minimum Gasteiger partial charge on any atom is -0.368 e. The summed E-state index contributed by atoms with van der Waals surface area (Å²) in [6, 6.07) is 0. The minimum absolute atomic E-state index is 0.106. The SMILES string of the molecule is CC(C)(C)NCCNc1nc(-c2cnccn2)nc2sc3c(c12)CCCC3. The maximum absolute atomic E-state index is 4.84. The van der Waals surface area contributed by atoms with Crippen LogP contribution in [0.25, 0.3) is 21.7 Å². The summed E-state index contributed by atoms with van der Waals surface area (Å²) in [6.45, 7) is 8.22. The van der Waals surface area contributed by atoms with Gasteiger partial charge in [-0.05, 0) is 52.0 Å². The van der Waals surface area contributed by atoms with Crippen LogP contribution in [-0.4, -0.2) is 38.6 Å². The predicted octanol–water partition coefficient (Wildman–Crippen LogP) is 3.83. The maximum atomic E-state index is 4.84.